The Labute approximate surface area is 154 Å². The van der Waals surface area contributed by atoms with Crippen LogP contribution in [0, 0.1) is 5.92 Å². The minimum absolute atomic E-state index is 0.00118. The highest BCUT2D eigenvalue weighted by atomic mass is 16.5. The quantitative estimate of drug-likeness (QED) is 0.836. The first-order valence-electron chi connectivity index (χ1n) is 9.63. The molecule has 1 aromatic heterocycles. The first kappa shape index (κ1) is 17.4. The smallest absolute Gasteiger partial charge is 0.289 e. The zero-order valence-corrected chi connectivity index (χ0v) is 16.0. The lowest BCUT2D eigenvalue weighted by Gasteiger charge is -2.57. The van der Waals surface area contributed by atoms with Crippen molar-refractivity contribution in [3.05, 3.63) is 30.0 Å². The van der Waals surface area contributed by atoms with Gasteiger partial charge in [-0.15, -0.1) is 0 Å². The highest BCUT2D eigenvalue weighted by Gasteiger charge is 2.48. The summed E-state index contributed by atoms with van der Waals surface area (Å²) in [6.07, 6.45) is 3.44. The first-order chi connectivity index (χ1) is 12.5. The fourth-order valence-electron chi connectivity index (χ4n) is 4.52. The Morgan fingerprint density at radius 3 is 2.85 bits per heavy atom. The van der Waals surface area contributed by atoms with E-state index in [-0.39, 0.29) is 11.4 Å². The van der Waals surface area contributed by atoms with E-state index in [1.165, 1.54) is 12.8 Å². The Morgan fingerprint density at radius 1 is 1.31 bits per heavy atom. The van der Waals surface area contributed by atoms with Gasteiger partial charge >= 0.3 is 0 Å². The topological polar surface area (TPSA) is 45.9 Å². The lowest BCUT2D eigenvalue weighted by atomic mass is 9.77. The van der Waals surface area contributed by atoms with Gasteiger partial charge in [0.1, 0.15) is 0 Å². The average Bonchev–Trinajstić information content (AvgIpc) is 3.09. The number of para-hydroxylation sites is 1. The molecule has 2 aliphatic heterocycles. The van der Waals surface area contributed by atoms with E-state index in [2.05, 4.69) is 18.7 Å². The Bertz CT molecular complexity index is 813. The number of fused-ring (bicyclic) bond motifs is 1. The van der Waals surface area contributed by atoms with Gasteiger partial charge < -0.3 is 14.1 Å². The normalized spacial score (nSPS) is 23.6. The number of amides is 1. The van der Waals surface area contributed by atoms with Crippen LogP contribution in [0.4, 0.5) is 0 Å². The predicted molar refractivity (Wildman–Crippen MR) is 102 cm³/mol. The number of piperidine rings is 1. The van der Waals surface area contributed by atoms with Crippen molar-refractivity contribution < 1.29 is 13.9 Å². The molecule has 26 heavy (non-hydrogen) atoms. The van der Waals surface area contributed by atoms with Gasteiger partial charge in [0.2, 0.25) is 0 Å². The summed E-state index contributed by atoms with van der Waals surface area (Å²) >= 11 is 0. The molecule has 1 atom stereocenters. The molecule has 1 aromatic carbocycles. The zero-order chi connectivity index (χ0) is 18.3. The van der Waals surface area contributed by atoms with Crippen LogP contribution in [0.25, 0.3) is 11.0 Å². The number of methoxy groups -OCH3 is 1. The third kappa shape index (κ3) is 2.88. The van der Waals surface area contributed by atoms with Gasteiger partial charge in [0.25, 0.3) is 5.91 Å². The Morgan fingerprint density at radius 2 is 2.15 bits per heavy atom. The highest BCUT2D eigenvalue weighted by Crippen LogP contribution is 2.39. The van der Waals surface area contributed by atoms with E-state index in [1.54, 1.807) is 7.11 Å². The van der Waals surface area contributed by atoms with Crippen LogP contribution in [0.2, 0.25) is 0 Å². The molecule has 1 amide bonds. The molecule has 2 aliphatic rings. The van der Waals surface area contributed by atoms with Crippen LogP contribution in [0.3, 0.4) is 0 Å². The maximum atomic E-state index is 13.1. The molecule has 5 heteroatoms. The highest BCUT2D eigenvalue weighted by molar-refractivity contribution is 5.97. The van der Waals surface area contributed by atoms with Crippen molar-refractivity contribution in [2.45, 2.75) is 38.6 Å². The fourth-order valence-corrected chi connectivity index (χ4v) is 4.52. The molecule has 0 aliphatic carbocycles. The Kier molecular flexibility index (Phi) is 4.43. The van der Waals surface area contributed by atoms with Crippen molar-refractivity contribution in [1.82, 2.24) is 9.80 Å². The van der Waals surface area contributed by atoms with E-state index < -0.39 is 0 Å². The van der Waals surface area contributed by atoms with Gasteiger partial charge in [0.05, 0.1) is 7.11 Å². The molecule has 0 radical (unpaired) electrons. The third-order valence-electron chi connectivity index (χ3n) is 5.88. The van der Waals surface area contributed by atoms with Crippen molar-refractivity contribution >= 4 is 16.9 Å². The Hall–Kier alpha value is -2.01. The molecule has 2 fully saturated rings. The summed E-state index contributed by atoms with van der Waals surface area (Å²) in [4.78, 5) is 17.7. The molecule has 5 nitrogen and oxygen atoms in total. The number of hydrogen-bond acceptors (Lipinski definition) is 4. The van der Waals surface area contributed by atoms with Crippen LogP contribution in [-0.4, -0.2) is 54.5 Å². The van der Waals surface area contributed by atoms with Gasteiger partial charge in [-0.05, 0) is 37.3 Å². The SMILES string of the molecule is COc1cccc2cc(C(=O)N3CCC[C@@]4(CCN4CC(C)C)C3)oc12. The summed E-state index contributed by atoms with van der Waals surface area (Å²) in [7, 11) is 1.62. The fraction of sp³-hybridized carbons (Fsp3) is 0.571. The molecule has 3 heterocycles. The number of ether oxygens (including phenoxy) is 1. The van der Waals surface area contributed by atoms with Gasteiger partial charge in [-0.3, -0.25) is 9.69 Å². The second kappa shape index (κ2) is 6.62. The summed E-state index contributed by atoms with van der Waals surface area (Å²) in [5.41, 5.74) is 0.831. The van der Waals surface area contributed by atoms with Crippen molar-refractivity contribution in [2.75, 3.05) is 33.3 Å². The van der Waals surface area contributed by atoms with Crippen LogP contribution in [0.1, 0.15) is 43.7 Å². The van der Waals surface area contributed by atoms with Crippen molar-refractivity contribution in [3.63, 3.8) is 0 Å². The standard InChI is InChI=1S/C21H28N2O3/c1-15(2)13-23-11-9-21(23)8-5-10-22(14-21)20(24)18-12-16-6-4-7-17(25-3)19(16)26-18/h4,6-7,12,15H,5,8-11,13-14H2,1-3H3/t21-/m1/s1. The molecule has 0 saturated carbocycles. The number of furan rings is 1. The van der Waals surface area contributed by atoms with E-state index in [0.29, 0.717) is 23.0 Å². The van der Waals surface area contributed by atoms with E-state index in [9.17, 15) is 4.79 Å². The minimum atomic E-state index is -0.00118. The predicted octanol–water partition coefficient (Wildman–Crippen LogP) is 3.78. The molecule has 0 bridgehead atoms. The molecule has 0 N–H and O–H groups in total. The van der Waals surface area contributed by atoms with E-state index in [0.717, 1.165) is 38.0 Å². The second-order valence-corrected chi connectivity index (χ2v) is 8.13. The van der Waals surface area contributed by atoms with Gasteiger partial charge in [-0.2, -0.15) is 0 Å². The van der Waals surface area contributed by atoms with Gasteiger partial charge in [-0.1, -0.05) is 26.0 Å². The minimum Gasteiger partial charge on any atom is -0.493 e. The summed E-state index contributed by atoms with van der Waals surface area (Å²) in [5.74, 6) is 1.73. The maximum absolute atomic E-state index is 13.1. The van der Waals surface area contributed by atoms with Crippen molar-refractivity contribution in [3.8, 4) is 5.75 Å². The Balaban J connectivity index is 1.55. The lowest BCUT2D eigenvalue weighted by molar-refractivity contribution is -0.0652. The monoisotopic (exact) mass is 356 g/mol. The van der Waals surface area contributed by atoms with Crippen LogP contribution < -0.4 is 4.74 Å². The number of rotatable bonds is 4. The van der Waals surface area contributed by atoms with Crippen LogP contribution >= 0.6 is 0 Å². The van der Waals surface area contributed by atoms with Gasteiger partial charge in [0, 0.05) is 37.1 Å². The summed E-state index contributed by atoms with van der Waals surface area (Å²) < 4.78 is 11.2. The number of hydrogen-bond donors (Lipinski definition) is 0. The molecule has 140 valence electrons. The van der Waals surface area contributed by atoms with E-state index in [1.807, 2.05) is 29.2 Å². The molecular weight excluding hydrogens is 328 g/mol. The molecule has 2 aromatic rings. The molecular formula is C21H28N2O3. The summed E-state index contributed by atoms with van der Waals surface area (Å²) in [5, 5.41) is 0.907. The van der Waals surface area contributed by atoms with Crippen molar-refractivity contribution in [1.29, 1.82) is 0 Å². The molecule has 4 rings (SSSR count). The largest absolute Gasteiger partial charge is 0.493 e. The number of likely N-dealkylation sites (tertiary alicyclic amines) is 2. The number of benzene rings is 1. The van der Waals surface area contributed by atoms with E-state index in [4.69, 9.17) is 9.15 Å². The van der Waals surface area contributed by atoms with Gasteiger partial charge in [-0.25, -0.2) is 0 Å². The lowest BCUT2D eigenvalue weighted by Crippen LogP contribution is -2.67. The molecule has 1 spiro atoms. The number of nitrogens with zero attached hydrogens (tertiary/aromatic N) is 2. The van der Waals surface area contributed by atoms with Crippen molar-refractivity contribution in [2.24, 2.45) is 5.92 Å². The molecule has 0 unspecified atom stereocenters. The summed E-state index contributed by atoms with van der Waals surface area (Å²) in [6, 6.07) is 7.56. The third-order valence-corrected chi connectivity index (χ3v) is 5.88. The zero-order valence-electron chi connectivity index (χ0n) is 16.0. The number of carbonyl (C=O) groups excluding carboxylic acids is 1. The molecule has 2 saturated heterocycles. The van der Waals surface area contributed by atoms with Crippen LogP contribution in [0.15, 0.2) is 28.7 Å². The van der Waals surface area contributed by atoms with Gasteiger partial charge in [0.15, 0.2) is 17.1 Å². The average molecular weight is 356 g/mol. The first-order valence-corrected chi connectivity index (χ1v) is 9.63. The summed E-state index contributed by atoms with van der Waals surface area (Å²) in [6.45, 7) is 8.42. The maximum Gasteiger partial charge on any atom is 0.289 e. The number of carbonyl (C=O) groups is 1. The second-order valence-electron chi connectivity index (χ2n) is 8.13. The van der Waals surface area contributed by atoms with E-state index >= 15 is 0 Å². The van der Waals surface area contributed by atoms with Crippen LogP contribution in [-0.2, 0) is 0 Å². The van der Waals surface area contributed by atoms with Crippen LogP contribution in [0.5, 0.6) is 5.75 Å².